The van der Waals surface area contributed by atoms with Crippen molar-refractivity contribution in [2.45, 2.75) is 19.5 Å². The maximum atomic E-state index is 13.8. The van der Waals surface area contributed by atoms with Gasteiger partial charge in [-0.25, -0.2) is 15.8 Å². The van der Waals surface area contributed by atoms with Crippen molar-refractivity contribution in [3.05, 3.63) is 83.6 Å². The second-order valence-corrected chi connectivity index (χ2v) is 9.48. The Labute approximate surface area is 224 Å². The summed E-state index contributed by atoms with van der Waals surface area (Å²) in [6, 6.07) is 8.50. The zero-order valence-corrected chi connectivity index (χ0v) is 21.7. The molecular formula is C27H31F3N8O. The number of hydrogen-bond donors (Lipinski definition) is 3. The van der Waals surface area contributed by atoms with Crippen LogP contribution in [0.4, 0.5) is 30.2 Å². The van der Waals surface area contributed by atoms with Crippen molar-refractivity contribution in [2.24, 2.45) is 11.6 Å². The number of rotatable bonds is 6. The molecule has 206 valence electrons. The van der Waals surface area contributed by atoms with Crippen molar-refractivity contribution >= 4 is 28.7 Å². The maximum absolute atomic E-state index is 13.8. The number of aromatic nitrogens is 2. The summed E-state index contributed by atoms with van der Waals surface area (Å²) < 4.78 is 41.3. The van der Waals surface area contributed by atoms with Gasteiger partial charge in [0.1, 0.15) is 6.33 Å². The summed E-state index contributed by atoms with van der Waals surface area (Å²) in [5, 5.41) is 4.00. The number of benzene rings is 2. The van der Waals surface area contributed by atoms with Gasteiger partial charge >= 0.3 is 6.18 Å². The Morgan fingerprint density at radius 2 is 1.79 bits per heavy atom. The molecule has 5 N–H and O–H groups in total. The number of hydrogen-bond acceptors (Lipinski definition) is 8. The van der Waals surface area contributed by atoms with E-state index in [1.165, 1.54) is 23.6 Å². The molecule has 0 unspecified atom stereocenters. The number of carbonyl (C=O) groups excluding carboxylic acids is 1. The summed E-state index contributed by atoms with van der Waals surface area (Å²) in [4.78, 5) is 25.1. The molecule has 0 saturated carbocycles. The zero-order chi connectivity index (χ0) is 28.2. The third-order valence-corrected chi connectivity index (χ3v) is 6.51. The highest BCUT2D eigenvalue weighted by molar-refractivity contribution is 6.05. The summed E-state index contributed by atoms with van der Waals surface area (Å²) >= 11 is 0. The predicted molar refractivity (Wildman–Crippen MR) is 146 cm³/mol. The topological polar surface area (TPSA) is 117 Å². The normalized spacial score (nSPS) is 15.1. The van der Waals surface area contributed by atoms with Crippen LogP contribution in [0, 0.1) is 6.92 Å². The smallest absolute Gasteiger partial charge is 0.397 e. The van der Waals surface area contributed by atoms with Crippen LogP contribution < -0.4 is 26.8 Å². The van der Waals surface area contributed by atoms with Gasteiger partial charge in [0.25, 0.3) is 5.91 Å². The summed E-state index contributed by atoms with van der Waals surface area (Å²) in [6.45, 7) is 4.57. The van der Waals surface area contributed by atoms with Crippen LogP contribution in [0.15, 0.2) is 61.3 Å². The fraction of sp³-hybridized carbons (Fsp3) is 0.296. The minimum Gasteiger partial charge on any atom is -0.397 e. The van der Waals surface area contributed by atoms with Gasteiger partial charge in [0, 0.05) is 60.7 Å². The first-order valence-corrected chi connectivity index (χ1v) is 12.4. The number of halogens is 3. The molecule has 3 aromatic rings. The first kappa shape index (κ1) is 27.9. The van der Waals surface area contributed by atoms with E-state index in [9.17, 15) is 18.0 Å². The number of carbonyl (C=O) groups is 1. The van der Waals surface area contributed by atoms with E-state index in [0.717, 1.165) is 37.2 Å². The molecule has 4 rings (SSSR count). The van der Waals surface area contributed by atoms with Crippen molar-refractivity contribution in [3.8, 4) is 0 Å². The highest BCUT2D eigenvalue weighted by atomic mass is 19.4. The first-order valence-electron chi connectivity index (χ1n) is 12.4. The summed E-state index contributed by atoms with van der Waals surface area (Å²) in [7, 11) is 1.98. The van der Waals surface area contributed by atoms with Gasteiger partial charge in [-0.2, -0.15) is 13.2 Å². The van der Waals surface area contributed by atoms with Gasteiger partial charge in [-0.1, -0.05) is 6.07 Å². The van der Waals surface area contributed by atoms with Crippen molar-refractivity contribution in [3.63, 3.8) is 0 Å². The fourth-order valence-corrected chi connectivity index (χ4v) is 4.30. The molecule has 1 aromatic heterocycles. The molecule has 0 spiro atoms. The zero-order valence-electron chi connectivity index (χ0n) is 21.7. The molecule has 9 nitrogen and oxygen atoms in total. The lowest BCUT2D eigenvalue weighted by atomic mass is 10.1. The Balaban J connectivity index is 1.59. The lowest BCUT2D eigenvalue weighted by Gasteiger charge is -2.24. The molecule has 0 atom stereocenters. The van der Waals surface area contributed by atoms with E-state index >= 15 is 0 Å². The van der Waals surface area contributed by atoms with Crippen molar-refractivity contribution < 1.29 is 18.0 Å². The van der Waals surface area contributed by atoms with Crippen LogP contribution in [0.5, 0.6) is 0 Å². The van der Waals surface area contributed by atoms with Crippen LogP contribution in [-0.4, -0.2) is 54.0 Å². The number of hydrazine groups is 1. The minimum absolute atomic E-state index is 0.0858. The molecule has 1 saturated heterocycles. The number of likely N-dealkylation sites (N-methyl/N-ethyl adjacent to an activating group) is 1. The molecule has 1 aliphatic heterocycles. The monoisotopic (exact) mass is 540 g/mol. The number of nitrogens with two attached hydrogens (primary N) is 2. The van der Waals surface area contributed by atoms with Gasteiger partial charge in [-0.3, -0.25) is 9.80 Å². The third kappa shape index (κ3) is 7.03. The molecule has 2 heterocycles. The average molecular weight is 541 g/mol. The summed E-state index contributed by atoms with van der Waals surface area (Å²) in [5.74, 6) is 5.56. The SMILES string of the molecule is Cc1ccc(NC(=O)c2cc(N3CCCN(C)CC3)cc(C(F)(F)F)c2)cc1N(N)/C=C(\N)c1cncnc1. The Kier molecular flexibility index (Phi) is 8.36. The van der Waals surface area contributed by atoms with E-state index in [2.05, 4.69) is 20.2 Å². The van der Waals surface area contributed by atoms with Crippen molar-refractivity contribution in [1.82, 2.24) is 14.9 Å². The van der Waals surface area contributed by atoms with Crippen LogP contribution in [0.3, 0.4) is 0 Å². The molecule has 0 bridgehead atoms. The number of alkyl halides is 3. The van der Waals surface area contributed by atoms with Crippen molar-refractivity contribution in [2.75, 3.05) is 48.5 Å². The van der Waals surface area contributed by atoms with E-state index < -0.39 is 17.6 Å². The standard InChI is InChI=1S/C27H31F3N8O/c1-18-4-5-22(13-25(18)38(32)16-24(31)20-14-33-17-34-15-20)35-26(39)19-10-21(27(28,29)30)12-23(11-19)37-7-3-6-36(2)8-9-37/h4-5,10-17H,3,6-9,31-32H2,1-2H3,(H,35,39)/b24-16-. The second-order valence-electron chi connectivity index (χ2n) is 9.48. The molecule has 39 heavy (non-hydrogen) atoms. The number of aryl methyl sites for hydroxylation is 1. The Morgan fingerprint density at radius 1 is 1.05 bits per heavy atom. The van der Waals surface area contributed by atoms with E-state index in [1.54, 1.807) is 30.6 Å². The maximum Gasteiger partial charge on any atom is 0.416 e. The predicted octanol–water partition coefficient (Wildman–Crippen LogP) is 3.84. The average Bonchev–Trinajstić information content (AvgIpc) is 3.13. The molecule has 0 aliphatic carbocycles. The molecule has 1 fully saturated rings. The fourth-order valence-electron chi connectivity index (χ4n) is 4.30. The summed E-state index contributed by atoms with van der Waals surface area (Å²) in [6.07, 6.45) is 2.18. The quantitative estimate of drug-likeness (QED) is 0.319. The van der Waals surface area contributed by atoms with Gasteiger partial charge in [0.2, 0.25) is 0 Å². The number of amides is 1. The Morgan fingerprint density at radius 3 is 2.51 bits per heavy atom. The van der Waals surface area contributed by atoms with Crippen molar-refractivity contribution in [1.29, 1.82) is 0 Å². The van der Waals surface area contributed by atoms with Gasteiger partial charge < -0.3 is 20.9 Å². The molecule has 1 aliphatic rings. The highest BCUT2D eigenvalue weighted by Gasteiger charge is 2.32. The third-order valence-electron chi connectivity index (χ3n) is 6.51. The molecular weight excluding hydrogens is 509 g/mol. The van der Waals surface area contributed by atoms with Crippen LogP contribution in [-0.2, 0) is 6.18 Å². The van der Waals surface area contributed by atoms with Gasteiger partial charge in [0.15, 0.2) is 0 Å². The highest BCUT2D eigenvalue weighted by Crippen LogP contribution is 2.34. The number of nitrogens with one attached hydrogen (secondary N) is 1. The minimum atomic E-state index is -4.60. The molecule has 1 amide bonds. The second kappa shape index (κ2) is 11.7. The van der Waals surface area contributed by atoms with Gasteiger partial charge in [0.05, 0.1) is 16.9 Å². The molecule has 12 heteroatoms. The van der Waals surface area contributed by atoms with Gasteiger partial charge in [-0.15, -0.1) is 0 Å². The number of anilines is 3. The molecule has 0 radical (unpaired) electrons. The Bertz CT molecular complexity index is 1350. The Hall–Kier alpha value is -4.16. The lowest BCUT2D eigenvalue weighted by molar-refractivity contribution is -0.137. The van der Waals surface area contributed by atoms with Crippen LogP contribution >= 0.6 is 0 Å². The van der Waals surface area contributed by atoms with E-state index in [1.807, 2.05) is 18.9 Å². The van der Waals surface area contributed by atoms with Crippen LogP contribution in [0.2, 0.25) is 0 Å². The molecule has 2 aromatic carbocycles. The van der Waals surface area contributed by atoms with Crippen LogP contribution in [0.25, 0.3) is 5.70 Å². The largest absolute Gasteiger partial charge is 0.416 e. The van der Waals surface area contributed by atoms with Crippen LogP contribution in [0.1, 0.15) is 33.5 Å². The number of nitrogens with zero attached hydrogens (tertiary/aromatic N) is 5. The van der Waals surface area contributed by atoms with E-state index in [0.29, 0.717) is 41.4 Å². The lowest BCUT2D eigenvalue weighted by Crippen LogP contribution is -2.29. The first-order chi connectivity index (χ1) is 18.5. The van der Waals surface area contributed by atoms with E-state index in [-0.39, 0.29) is 5.56 Å². The summed E-state index contributed by atoms with van der Waals surface area (Å²) in [5.41, 5.74) is 8.11. The van der Waals surface area contributed by atoms with Gasteiger partial charge in [-0.05, 0) is 62.8 Å². The van der Waals surface area contributed by atoms with E-state index in [4.69, 9.17) is 11.6 Å².